The number of unbranched alkanes of at least 4 members (excludes halogenated alkanes) is 1. The van der Waals surface area contributed by atoms with Crippen LogP contribution >= 0.6 is 0 Å². The average molecular weight is 646 g/mol. The third kappa shape index (κ3) is 9.17. The van der Waals surface area contributed by atoms with Crippen LogP contribution in [0.2, 0.25) is 0 Å². The van der Waals surface area contributed by atoms with Gasteiger partial charge in [0.2, 0.25) is 11.8 Å². The summed E-state index contributed by atoms with van der Waals surface area (Å²) in [5, 5.41) is 2.97. The number of amides is 2. The molecule has 1 N–H and O–H groups in total. The van der Waals surface area contributed by atoms with Crippen LogP contribution in [0, 0.1) is 5.82 Å². The molecule has 0 unspecified atom stereocenters. The van der Waals surface area contributed by atoms with Gasteiger partial charge >= 0.3 is 0 Å². The van der Waals surface area contributed by atoms with Crippen LogP contribution in [0.3, 0.4) is 0 Å². The van der Waals surface area contributed by atoms with Gasteiger partial charge < -0.3 is 15.0 Å². The molecule has 0 saturated heterocycles. The molecule has 46 heavy (non-hydrogen) atoms. The van der Waals surface area contributed by atoms with Crippen molar-refractivity contribution in [3.05, 3.63) is 126 Å². The van der Waals surface area contributed by atoms with E-state index in [1.54, 1.807) is 12.1 Å². The topological polar surface area (TPSA) is 96.0 Å². The van der Waals surface area contributed by atoms with Crippen LogP contribution in [0.15, 0.2) is 114 Å². The highest BCUT2D eigenvalue weighted by atomic mass is 32.2. The van der Waals surface area contributed by atoms with E-state index in [0.717, 1.165) is 40.4 Å². The number of nitrogens with zero attached hydrogens (tertiary/aromatic N) is 2. The van der Waals surface area contributed by atoms with Gasteiger partial charge in [0.05, 0.1) is 17.2 Å². The number of nitrogens with one attached hydrogen (secondary N) is 1. The van der Waals surface area contributed by atoms with Crippen molar-refractivity contribution in [2.45, 2.75) is 50.6 Å². The van der Waals surface area contributed by atoms with Gasteiger partial charge in [0.25, 0.3) is 10.0 Å². The maximum Gasteiger partial charge on any atom is 0.264 e. The minimum absolute atomic E-state index is 0.0682. The molecule has 4 aromatic carbocycles. The van der Waals surface area contributed by atoms with Crippen molar-refractivity contribution in [2.75, 3.05) is 24.0 Å². The Morgan fingerprint density at radius 2 is 1.43 bits per heavy atom. The summed E-state index contributed by atoms with van der Waals surface area (Å²) in [6, 6.07) is 28.5. The van der Waals surface area contributed by atoms with Gasteiger partial charge in [0.15, 0.2) is 0 Å². The summed E-state index contributed by atoms with van der Waals surface area (Å²) in [6.45, 7) is 4.15. The summed E-state index contributed by atoms with van der Waals surface area (Å²) in [5.41, 5.74) is 1.73. The number of carbonyl (C=O) groups excluding carboxylic acids is 2. The Balaban J connectivity index is 1.76. The molecule has 0 aliphatic rings. The fourth-order valence-corrected chi connectivity index (χ4v) is 6.39. The first-order valence-electron chi connectivity index (χ1n) is 15.4. The summed E-state index contributed by atoms with van der Waals surface area (Å²) in [4.78, 5) is 29.6. The summed E-state index contributed by atoms with van der Waals surface area (Å²) in [6.07, 6.45) is 1.88. The SMILES string of the molecule is CCCCNC(=O)[C@H](Cc1ccccc1)N(Cc1ccccc1)C(=O)CN(c1ccc(F)cc1)S(=O)(=O)c1ccc(OCC)cc1. The molecule has 1 atom stereocenters. The Labute approximate surface area is 270 Å². The molecule has 0 aliphatic carbocycles. The smallest absolute Gasteiger partial charge is 0.264 e. The van der Waals surface area contributed by atoms with E-state index in [1.165, 1.54) is 29.2 Å². The molecule has 0 radical (unpaired) electrons. The molecule has 0 saturated carbocycles. The number of halogens is 1. The zero-order valence-corrected chi connectivity index (χ0v) is 27.0. The lowest BCUT2D eigenvalue weighted by Crippen LogP contribution is -2.53. The van der Waals surface area contributed by atoms with Crippen LogP contribution in [0.25, 0.3) is 0 Å². The maximum atomic E-state index is 14.4. The fraction of sp³-hybridized carbons (Fsp3) is 0.278. The first-order valence-corrected chi connectivity index (χ1v) is 16.8. The van der Waals surface area contributed by atoms with E-state index >= 15 is 0 Å². The second-order valence-corrected chi connectivity index (χ2v) is 12.6. The number of carbonyl (C=O) groups is 2. The van der Waals surface area contributed by atoms with E-state index in [2.05, 4.69) is 5.32 Å². The number of anilines is 1. The first kappa shape index (κ1) is 34.2. The highest BCUT2D eigenvalue weighted by Crippen LogP contribution is 2.27. The highest BCUT2D eigenvalue weighted by molar-refractivity contribution is 7.92. The largest absolute Gasteiger partial charge is 0.494 e. The van der Waals surface area contributed by atoms with Crippen molar-refractivity contribution in [3.8, 4) is 5.75 Å². The van der Waals surface area contributed by atoms with E-state index in [0.29, 0.717) is 18.9 Å². The van der Waals surface area contributed by atoms with Crippen LogP contribution in [0.5, 0.6) is 5.75 Å². The summed E-state index contributed by atoms with van der Waals surface area (Å²) >= 11 is 0. The van der Waals surface area contributed by atoms with Gasteiger partial charge in [-0.2, -0.15) is 0 Å². The standard InChI is InChI=1S/C36H40FN3O5S/c1-3-5-24-38-36(42)34(25-28-12-8-6-9-13-28)39(26-29-14-10-7-11-15-29)35(41)27-40(31-18-16-30(37)17-19-31)46(43,44)33-22-20-32(21-23-33)45-4-2/h6-23,34H,3-5,24-27H2,1-2H3,(H,38,42)/t34-/m0/s1. The Hall–Kier alpha value is -4.70. The third-order valence-electron chi connectivity index (χ3n) is 7.41. The van der Waals surface area contributed by atoms with Crippen LogP contribution in [-0.2, 0) is 32.6 Å². The van der Waals surface area contributed by atoms with Crippen LogP contribution in [-0.4, -0.2) is 50.9 Å². The lowest BCUT2D eigenvalue weighted by Gasteiger charge is -2.34. The van der Waals surface area contributed by atoms with Gasteiger partial charge in [0, 0.05) is 19.5 Å². The third-order valence-corrected chi connectivity index (χ3v) is 9.20. The fourth-order valence-electron chi connectivity index (χ4n) is 4.98. The molecule has 10 heteroatoms. The van der Waals surface area contributed by atoms with Crippen molar-refractivity contribution in [1.82, 2.24) is 10.2 Å². The molecular formula is C36H40FN3O5S. The number of rotatable bonds is 16. The Morgan fingerprint density at radius 1 is 0.826 bits per heavy atom. The van der Waals surface area contributed by atoms with E-state index in [1.807, 2.05) is 74.5 Å². The van der Waals surface area contributed by atoms with Gasteiger partial charge in [0.1, 0.15) is 24.2 Å². The Morgan fingerprint density at radius 3 is 2.02 bits per heavy atom. The van der Waals surface area contributed by atoms with E-state index in [4.69, 9.17) is 4.74 Å². The predicted molar refractivity (Wildman–Crippen MR) is 177 cm³/mol. The number of benzene rings is 4. The molecule has 0 aliphatic heterocycles. The highest BCUT2D eigenvalue weighted by Gasteiger charge is 2.34. The van der Waals surface area contributed by atoms with Crippen molar-refractivity contribution in [3.63, 3.8) is 0 Å². The maximum absolute atomic E-state index is 14.4. The summed E-state index contributed by atoms with van der Waals surface area (Å²) in [5.74, 6) is -0.970. The lowest BCUT2D eigenvalue weighted by atomic mass is 10.0. The van der Waals surface area contributed by atoms with Gasteiger partial charge in [-0.1, -0.05) is 74.0 Å². The molecule has 242 valence electrons. The Kier molecular flexibility index (Phi) is 12.3. The van der Waals surface area contributed by atoms with Crippen molar-refractivity contribution in [2.24, 2.45) is 0 Å². The second kappa shape index (κ2) is 16.6. The molecule has 0 aromatic heterocycles. The summed E-state index contributed by atoms with van der Waals surface area (Å²) in [7, 11) is -4.32. The number of sulfonamides is 1. The monoisotopic (exact) mass is 645 g/mol. The minimum atomic E-state index is -4.32. The molecule has 0 heterocycles. The van der Waals surface area contributed by atoms with Gasteiger partial charge in [-0.15, -0.1) is 0 Å². The predicted octanol–water partition coefficient (Wildman–Crippen LogP) is 5.98. The number of ether oxygens (including phenoxy) is 1. The number of hydrogen-bond donors (Lipinski definition) is 1. The van der Waals surface area contributed by atoms with Crippen LogP contribution in [0.4, 0.5) is 10.1 Å². The van der Waals surface area contributed by atoms with Gasteiger partial charge in [-0.25, -0.2) is 12.8 Å². The first-order chi connectivity index (χ1) is 22.2. The van der Waals surface area contributed by atoms with Crippen LogP contribution < -0.4 is 14.4 Å². The molecule has 0 bridgehead atoms. The molecular weight excluding hydrogens is 605 g/mol. The molecule has 0 spiro atoms. The molecule has 4 rings (SSSR count). The molecule has 2 amide bonds. The summed E-state index contributed by atoms with van der Waals surface area (Å²) < 4.78 is 48.6. The zero-order valence-electron chi connectivity index (χ0n) is 26.1. The number of hydrogen-bond acceptors (Lipinski definition) is 5. The van der Waals surface area contributed by atoms with Crippen LogP contribution in [0.1, 0.15) is 37.8 Å². The van der Waals surface area contributed by atoms with Gasteiger partial charge in [-0.05, 0) is 73.0 Å². The quantitative estimate of drug-likeness (QED) is 0.151. The second-order valence-electron chi connectivity index (χ2n) is 10.7. The van der Waals surface area contributed by atoms with Crippen molar-refractivity contribution < 1.29 is 27.1 Å². The van der Waals surface area contributed by atoms with E-state index in [-0.39, 0.29) is 29.5 Å². The molecule has 8 nitrogen and oxygen atoms in total. The zero-order chi connectivity index (χ0) is 32.9. The Bertz CT molecular complexity index is 1650. The van der Waals surface area contributed by atoms with E-state index < -0.39 is 34.3 Å². The normalized spacial score (nSPS) is 11.8. The van der Waals surface area contributed by atoms with E-state index in [9.17, 15) is 22.4 Å². The minimum Gasteiger partial charge on any atom is -0.494 e. The average Bonchev–Trinajstić information content (AvgIpc) is 3.07. The lowest BCUT2D eigenvalue weighted by molar-refractivity contribution is -0.140. The molecule has 0 fully saturated rings. The van der Waals surface area contributed by atoms with Crippen molar-refractivity contribution >= 4 is 27.5 Å². The molecule has 4 aromatic rings. The van der Waals surface area contributed by atoms with Gasteiger partial charge in [-0.3, -0.25) is 13.9 Å². The van der Waals surface area contributed by atoms with Crippen molar-refractivity contribution in [1.29, 1.82) is 0 Å².